The Bertz CT molecular complexity index is 1270. The lowest BCUT2D eigenvalue weighted by molar-refractivity contribution is -0.147. The molecule has 0 bridgehead atoms. The maximum Gasteiger partial charge on any atom is 0.379 e. The molecule has 1 saturated heterocycles. The fourth-order valence-electron chi connectivity index (χ4n) is 3.70. The Balaban J connectivity index is 1.32. The molecule has 0 aliphatic carbocycles. The van der Waals surface area contributed by atoms with E-state index in [2.05, 4.69) is 0 Å². The van der Waals surface area contributed by atoms with E-state index in [-0.39, 0.29) is 35.9 Å². The number of nitrogens with zero attached hydrogens (tertiary/aromatic N) is 1. The van der Waals surface area contributed by atoms with Gasteiger partial charge in [0.05, 0.1) is 32.1 Å². The molecule has 0 saturated carbocycles. The highest BCUT2D eigenvalue weighted by molar-refractivity contribution is 6.02. The SMILES string of the molecule is COc1ccc(OC)c(N2C[C@@H](C(=O)OCC(=O)c3ccc(OC(=O)c4ccco4)cc3)CC2=O)c1. The summed E-state index contributed by atoms with van der Waals surface area (Å²) >= 11 is 0. The Labute approximate surface area is 206 Å². The number of carbonyl (C=O) groups excluding carboxylic acids is 4. The van der Waals surface area contributed by atoms with E-state index in [0.717, 1.165) is 0 Å². The molecule has 0 radical (unpaired) electrons. The van der Waals surface area contributed by atoms with Crippen LogP contribution in [0.3, 0.4) is 0 Å². The van der Waals surface area contributed by atoms with Gasteiger partial charge in [-0.05, 0) is 48.5 Å². The average Bonchev–Trinajstić information content (AvgIpc) is 3.57. The molecule has 3 aromatic rings. The summed E-state index contributed by atoms with van der Waals surface area (Å²) in [5, 5.41) is 0. The molecule has 1 fully saturated rings. The molecule has 10 heteroatoms. The number of furan rings is 1. The third-order valence-corrected chi connectivity index (χ3v) is 5.59. The number of amides is 1. The van der Waals surface area contributed by atoms with Crippen LogP contribution in [0.4, 0.5) is 5.69 Å². The molecule has 186 valence electrons. The second-order valence-electron chi connectivity index (χ2n) is 7.87. The number of Topliss-reactive ketones (excluding diaryl/α,β-unsaturated/α-hetero) is 1. The van der Waals surface area contributed by atoms with E-state index in [4.69, 9.17) is 23.4 Å². The Morgan fingerprint density at radius 1 is 1.00 bits per heavy atom. The van der Waals surface area contributed by atoms with Crippen molar-refractivity contribution in [1.29, 1.82) is 0 Å². The molecule has 1 atom stereocenters. The fourth-order valence-corrected chi connectivity index (χ4v) is 3.70. The van der Waals surface area contributed by atoms with Crippen LogP contribution >= 0.6 is 0 Å². The molecule has 2 aromatic carbocycles. The molecule has 36 heavy (non-hydrogen) atoms. The Morgan fingerprint density at radius 2 is 1.75 bits per heavy atom. The summed E-state index contributed by atoms with van der Waals surface area (Å²) in [6.45, 7) is -0.400. The predicted octanol–water partition coefficient (Wildman–Crippen LogP) is 3.30. The fraction of sp³-hybridized carbons (Fsp3) is 0.231. The maximum atomic E-state index is 12.6. The van der Waals surface area contributed by atoms with Gasteiger partial charge in [0.2, 0.25) is 11.7 Å². The third kappa shape index (κ3) is 5.38. The first-order valence-corrected chi connectivity index (χ1v) is 11.0. The van der Waals surface area contributed by atoms with Gasteiger partial charge in [-0.25, -0.2) is 4.79 Å². The van der Waals surface area contributed by atoms with Gasteiger partial charge in [0.1, 0.15) is 17.2 Å². The number of ketones is 1. The highest BCUT2D eigenvalue weighted by atomic mass is 16.5. The van der Waals surface area contributed by atoms with E-state index in [1.807, 2.05) is 0 Å². The minimum absolute atomic E-state index is 0.0517. The van der Waals surface area contributed by atoms with Crippen LogP contribution in [0.1, 0.15) is 27.3 Å². The van der Waals surface area contributed by atoms with E-state index in [1.165, 1.54) is 55.7 Å². The number of rotatable bonds is 9. The molecule has 1 aromatic heterocycles. The van der Waals surface area contributed by atoms with Crippen molar-refractivity contribution in [3.63, 3.8) is 0 Å². The molecule has 0 unspecified atom stereocenters. The van der Waals surface area contributed by atoms with Crippen LogP contribution in [0, 0.1) is 5.92 Å². The molecule has 1 aliphatic heterocycles. The molecule has 0 spiro atoms. The lowest BCUT2D eigenvalue weighted by atomic mass is 10.1. The number of hydrogen-bond donors (Lipinski definition) is 0. The van der Waals surface area contributed by atoms with E-state index < -0.39 is 30.2 Å². The molecular formula is C26H23NO9. The Morgan fingerprint density at radius 3 is 2.42 bits per heavy atom. The number of benzene rings is 2. The number of carbonyl (C=O) groups is 4. The zero-order valence-corrected chi connectivity index (χ0v) is 19.6. The zero-order valence-electron chi connectivity index (χ0n) is 19.6. The minimum atomic E-state index is -0.732. The zero-order chi connectivity index (χ0) is 25.7. The molecule has 1 amide bonds. The van der Waals surface area contributed by atoms with Gasteiger partial charge in [0.25, 0.3) is 0 Å². The maximum absolute atomic E-state index is 12.6. The van der Waals surface area contributed by atoms with Gasteiger partial charge in [-0.15, -0.1) is 0 Å². The van der Waals surface area contributed by atoms with Gasteiger partial charge in [-0.3, -0.25) is 14.4 Å². The second-order valence-corrected chi connectivity index (χ2v) is 7.87. The van der Waals surface area contributed by atoms with Crippen LogP contribution < -0.4 is 19.1 Å². The monoisotopic (exact) mass is 493 g/mol. The minimum Gasteiger partial charge on any atom is -0.497 e. The number of esters is 2. The van der Waals surface area contributed by atoms with Crippen LogP contribution in [0.5, 0.6) is 17.2 Å². The molecule has 10 nitrogen and oxygen atoms in total. The normalized spacial score (nSPS) is 14.9. The lowest BCUT2D eigenvalue weighted by Gasteiger charge is -2.20. The van der Waals surface area contributed by atoms with Crippen molar-refractivity contribution in [2.45, 2.75) is 6.42 Å². The van der Waals surface area contributed by atoms with Crippen molar-refractivity contribution < 1.29 is 42.5 Å². The largest absolute Gasteiger partial charge is 0.497 e. The van der Waals surface area contributed by atoms with Crippen LogP contribution in [-0.2, 0) is 14.3 Å². The van der Waals surface area contributed by atoms with Gasteiger partial charge in [0.15, 0.2) is 12.4 Å². The highest BCUT2D eigenvalue weighted by Gasteiger charge is 2.37. The Kier molecular flexibility index (Phi) is 7.33. The van der Waals surface area contributed by atoms with Gasteiger partial charge in [-0.1, -0.05) is 0 Å². The van der Waals surface area contributed by atoms with Crippen LogP contribution in [0.2, 0.25) is 0 Å². The first-order chi connectivity index (χ1) is 17.4. The standard InChI is InChI=1S/C26H23NO9/c1-32-19-9-10-22(33-2)20(13-19)27-14-17(12-24(27)29)25(30)35-15-21(28)16-5-7-18(8-6-16)36-26(31)23-4-3-11-34-23/h3-11,13,17H,12,14-15H2,1-2H3/t17-/m0/s1. The second kappa shape index (κ2) is 10.8. The van der Waals surface area contributed by atoms with Gasteiger partial charge < -0.3 is 28.3 Å². The van der Waals surface area contributed by atoms with Gasteiger partial charge >= 0.3 is 11.9 Å². The molecule has 1 aliphatic rings. The van der Waals surface area contributed by atoms with Crippen molar-refractivity contribution in [3.05, 3.63) is 72.2 Å². The smallest absolute Gasteiger partial charge is 0.379 e. The van der Waals surface area contributed by atoms with Crippen molar-refractivity contribution in [2.24, 2.45) is 5.92 Å². The van der Waals surface area contributed by atoms with Crippen molar-refractivity contribution in [1.82, 2.24) is 0 Å². The molecule has 2 heterocycles. The first kappa shape index (κ1) is 24.5. The van der Waals surface area contributed by atoms with E-state index in [9.17, 15) is 19.2 Å². The van der Waals surface area contributed by atoms with E-state index in [0.29, 0.717) is 17.2 Å². The summed E-state index contributed by atoms with van der Waals surface area (Å²) < 4.78 is 25.9. The lowest BCUT2D eigenvalue weighted by Crippen LogP contribution is -2.27. The predicted molar refractivity (Wildman–Crippen MR) is 125 cm³/mol. The summed E-state index contributed by atoms with van der Waals surface area (Å²) in [7, 11) is 2.99. The number of anilines is 1. The summed E-state index contributed by atoms with van der Waals surface area (Å²) in [6.07, 6.45) is 1.30. The number of methoxy groups -OCH3 is 2. The van der Waals surface area contributed by atoms with Crippen molar-refractivity contribution in [2.75, 3.05) is 32.3 Å². The van der Waals surface area contributed by atoms with Gasteiger partial charge in [0, 0.05) is 24.6 Å². The van der Waals surface area contributed by atoms with E-state index in [1.54, 1.807) is 24.3 Å². The molecule has 0 N–H and O–H groups in total. The summed E-state index contributed by atoms with van der Waals surface area (Å²) in [6, 6.07) is 13.9. The molecule has 4 rings (SSSR count). The Hall–Kier alpha value is -4.60. The highest BCUT2D eigenvalue weighted by Crippen LogP contribution is 2.36. The van der Waals surface area contributed by atoms with Gasteiger partial charge in [-0.2, -0.15) is 0 Å². The summed E-state index contributed by atoms with van der Waals surface area (Å²) in [4.78, 5) is 51.1. The summed E-state index contributed by atoms with van der Waals surface area (Å²) in [5.74, 6) is -1.48. The van der Waals surface area contributed by atoms with Crippen LogP contribution in [-0.4, -0.2) is 51.0 Å². The quantitative estimate of drug-likeness (QED) is 0.251. The third-order valence-electron chi connectivity index (χ3n) is 5.59. The average molecular weight is 493 g/mol. The number of ether oxygens (including phenoxy) is 4. The topological polar surface area (TPSA) is 122 Å². The van der Waals surface area contributed by atoms with Crippen LogP contribution in [0.15, 0.2) is 65.3 Å². The number of hydrogen-bond acceptors (Lipinski definition) is 9. The van der Waals surface area contributed by atoms with Crippen LogP contribution in [0.25, 0.3) is 0 Å². The van der Waals surface area contributed by atoms with E-state index >= 15 is 0 Å². The molecular weight excluding hydrogens is 470 g/mol. The van der Waals surface area contributed by atoms with Crippen molar-refractivity contribution in [3.8, 4) is 17.2 Å². The summed E-state index contributed by atoms with van der Waals surface area (Å²) in [5.41, 5.74) is 0.756. The van der Waals surface area contributed by atoms with Crippen molar-refractivity contribution >= 4 is 29.3 Å². The first-order valence-electron chi connectivity index (χ1n) is 11.0.